The average Bonchev–Trinajstić information content (AvgIpc) is 3.42. The van der Waals surface area contributed by atoms with Gasteiger partial charge in [-0.3, -0.25) is 13.7 Å². The summed E-state index contributed by atoms with van der Waals surface area (Å²) >= 11 is 0. The number of nitrogen functional groups attached to an aromatic ring is 1. The molecule has 0 spiro atoms. The number of nitrogens with zero attached hydrogens (tertiary/aromatic N) is 4. The first kappa shape index (κ1) is 25.0. The van der Waals surface area contributed by atoms with Crippen molar-refractivity contribution < 1.29 is 61.8 Å². The molecule has 0 saturated carbocycles. The number of phosphoric acid groups is 2. The Morgan fingerprint density at radius 2 is 1.60 bits per heavy atom. The highest BCUT2D eigenvalue weighted by molar-refractivity contribution is 7.59. The van der Waals surface area contributed by atoms with Crippen molar-refractivity contribution in [2.45, 2.75) is 49.1 Å². The van der Waals surface area contributed by atoms with Crippen LogP contribution in [0.4, 0.5) is 5.82 Å². The van der Waals surface area contributed by atoms with E-state index in [9.17, 15) is 34.2 Å². The normalized spacial score (nSPS) is 44.9. The summed E-state index contributed by atoms with van der Waals surface area (Å²) in [5.41, 5.74) is 6.17. The Morgan fingerprint density at radius 1 is 0.943 bits per heavy atom. The van der Waals surface area contributed by atoms with E-state index in [1.54, 1.807) is 0 Å². The SMILES string of the molecule is Nc1ncnc2c1ncn2[C@@H]1O[C@@H]2COP(=O)([O-])OP(=O)([O-])OC[C@H]3O[C@@H](O[C@@H]1[C@@H]2O)[C@H](O)[C@@H]3O. The number of hydrogen-bond donors (Lipinski definition) is 4. The largest absolute Gasteiger partial charge is 0.756 e. The van der Waals surface area contributed by atoms with E-state index < -0.39 is 78.0 Å². The number of imidazole rings is 1. The molecule has 3 saturated heterocycles. The highest BCUT2D eigenvalue weighted by Gasteiger charge is 2.52. The summed E-state index contributed by atoms with van der Waals surface area (Å²) < 4.78 is 55.1. The van der Waals surface area contributed by atoms with Gasteiger partial charge in [0.05, 0.1) is 19.5 Å². The molecule has 35 heavy (non-hydrogen) atoms. The number of hydrogen-bond acceptors (Lipinski definition) is 17. The Balaban J connectivity index is 1.51. The number of rotatable bonds is 1. The number of nitrogens with two attached hydrogens (primary N) is 1. The number of ether oxygens (including phenoxy) is 3. The third-order valence-electron chi connectivity index (χ3n) is 5.58. The molecule has 3 fully saturated rings. The Kier molecular flexibility index (Phi) is 6.46. The first-order valence-electron chi connectivity index (χ1n) is 10.0. The molecule has 2 aromatic heterocycles. The molecule has 4 bridgehead atoms. The molecule has 5 rings (SSSR count). The van der Waals surface area contributed by atoms with Crippen LogP contribution in [0.1, 0.15) is 6.23 Å². The number of fused-ring (bicyclic) bond motifs is 5. The molecule has 0 aliphatic carbocycles. The maximum Gasteiger partial charge on any atom is 0.274 e. The third kappa shape index (κ3) is 4.74. The van der Waals surface area contributed by atoms with Crippen LogP contribution < -0.4 is 15.5 Å². The van der Waals surface area contributed by atoms with E-state index in [0.717, 1.165) is 6.33 Å². The maximum absolute atomic E-state index is 12.0. The second-order valence-corrected chi connectivity index (χ2v) is 10.8. The smallest absolute Gasteiger partial charge is 0.274 e. The summed E-state index contributed by atoms with van der Waals surface area (Å²) in [5.74, 6) is 0.0510. The zero-order valence-corrected chi connectivity index (χ0v) is 19.2. The minimum atomic E-state index is -5.51. The molecule has 10 atom stereocenters. The van der Waals surface area contributed by atoms with Crippen LogP contribution in [0, 0.1) is 0 Å². The fourth-order valence-corrected chi connectivity index (χ4v) is 5.92. The number of aromatic nitrogens is 4. The predicted octanol–water partition coefficient (Wildman–Crippen LogP) is -3.50. The fourth-order valence-electron chi connectivity index (χ4n) is 3.90. The minimum Gasteiger partial charge on any atom is -0.756 e. The van der Waals surface area contributed by atoms with E-state index in [4.69, 9.17) is 19.9 Å². The van der Waals surface area contributed by atoms with Gasteiger partial charge >= 0.3 is 0 Å². The Labute approximate surface area is 195 Å². The van der Waals surface area contributed by atoms with E-state index in [2.05, 4.69) is 28.3 Å². The first-order chi connectivity index (χ1) is 16.5. The molecule has 20 heteroatoms. The van der Waals surface area contributed by atoms with Crippen molar-refractivity contribution in [1.29, 1.82) is 0 Å². The third-order valence-corrected chi connectivity index (χ3v) is 8.11. The zero-order valence-electron chi connectivity index (χ0n) is 17.4. The number of anilines is 1. The monoisotopic (exact) mass is 539 g/mol. The number of aliphatic hydroxyl groups is 3. The average molecular weight is 539 g/mol. The summed E-state index contributed by atoms with van der Waals surface area (Å²) in [5, 5.41) is 31.5. The first-order valence-corrected chi connectivity index (χ1v) is 12.9. The molecule has 2 unspecified atom stereocenters. The molecule has 18 nitrogen and oxygen atoms in total. The molecule has 3 aliphatic heterocycles. The molecular weight excluding hydrogens is 520 g/mol. The van der Waals surface area contributed by atoms with Gasteiger partial charge in [-0.15, -0.1) is 0 Å². The van der Waals surface area contributed by atoms with E-state index in [1.807, 2.05) is 0 Å². The van der Waals surface area contributed by atoms with E-state index >= 15 is 0 Å². The molecule has 3 aliphatic rings. The molecule has 0 aromatic carbocycles. The maximum atomic E-state index is 12.0. The second kappa shape index (κ2) is 9.04. The summed E-state index contributed by atoms with van der Waals surface area (Å²) in [6, 6.07) is 0. The standard InChI is InChI=1S/C15H21N5O13P2/c16-12-7-13(18-3-17-12)20(4-19-7)14-11-9(22)6(30-14)2-29-35(26,27)33-34(24,25)28-1-5-8(21)10(23)15(31-5)32-11/h3-6,8-11,14-15,21-23H,1-2H2,(H,24,25)(H,26,27)(H2,16,17,18)/p-2/t5-,6-,8-,9-,10-,11-,14-,15+/m1/s1. The van der Waals surface area contributed by atoms with Gasteiger partial charge < -0.3 is 54.1 Å². The topological polar surface area (TPSA) is 266 Å². The van der Waals surface area contributed by atoms with E-state index in [1.165, 1.54) is 10.9 Å². The molecule has 194 valence electrons. The van der Waals surface area contributed by atoms with Gasteiger partial charge in [0.2, 0.25) is 0 Å². The zero-order chi connectivity index (χ0) is 25.1. The Morgan fingerprint density at radius 3 is 2.29 bits per heavy atom. The lowest BCUT2D eigenvalue weighted by atomic mass is 10.1. The van der Waals surface area contributed by atoms with E-state index in [0.29, 0.717) is 0 Å². The van der Waals surface area contributed by atoms with Crippen LogP contribution >= 0.6 is 15.6 Å². The molecule has 2 aromatic rings. The van der Waals surface area contributed by atoms with Crippen LogP contribution in [0.25, 0.3) is 11.2 Å². The van der Waals surface area contributed by atoms with Crippen molar-refractivity contribution in [3.63, 3.8) is 0 Å². The summed E-state index contributed by atoms with van der Waals surface area (Å²) in [7, 11) is -11.0. The highest BCUT2D eigenvalue weighted by atomic mass is 31.3. The van der Waals surface area contributed by atoms with Crippen LogP contribution in [-0.2, 0) is 36.7 Å². The fraction of sp³-hybridized carbons (Fsp3) is 0.667. The highest BCUT2D eigenvalue weighted by Crippen LogP contribution is 2.56. The quantitative estimate of drug-likeness (QED) is 0.256. The number of phosphoric ester groups is 2. The minimum absolute atomic E-state index is 0.0510. The summed E-state index contributed by atoms with van der Waals surface area (Å²) in [6.07, 6.45) is -9.65. The van der Waals surface area contributed by atoms with Crippen molar-refractivity contribution in [1.82, 2.24) is 19.5 Å². The Hall–Kier alpha value is -1.63. The Bertz CT molecular complexity index is 1200. The lowest BCUT2D eigenvalue weighted by Gasteiger charge is -2.32. The van der Waals surface area contributed by atoms with Crippen LogP contribution in [0.3, 0.4) is 0 Å². The van der Waals surface area contributed by atoms with Gasteiger partial charge in [0, 0.05) is 0 Å². The van der Waals surface area contributed by atoms with Crippen LogP contribution in [0.15, 0.2) is 12.7 Å². The van der Waals surface area contributed by atoms with Crippen LogP contribution in [-0.4, -0.2) is 91.0 Å². The summed E-state index contributed by atoms with van der Waals surface area (Å²) in [4.78, 5) is 35.9. The molecule has 0 radical (unpaired) electrons. The molecule has 5 N–H and O–H groups in total. The van der Waals surface area contributed by atoms with Gasteiger partial charge in [0.25, 0.3) is 15.6 Å². The van der Waals surface area contributed by atoms with E-state index in [-0.39, 0.29) is 17.0 Å². The van der Waals surface area contributed by atoms with Gasteiger partial charge in [-0.25, -0.2) is 19.3 Å². The van der Waals surface area contributed by atoms with Gasteiger partial charge in [0.15, 0.2) is 24.0 Å². The number of aliphatic hydroxyl groups excluding tert-OH is 3. The van der Waals surface area contributed by atoms with Gasteiger partial charge in [-0.05, 0) is 0 Å². The second-order valence-electron chi connectivity index (χ2n) is 7.83. The van der Waals surface area contributed by atoms with Gasteiger partial charge in [-0.2, -0.15) is 0 Å². The lowest BCUT2D eigenvalue weighted by Crippen LogP contribution is -2.42. The van der Waals surface area contributed by atoms with Crippen molar-refractivity contribution >= 4 is 32.6 Å². The van der Waals surface area contributed by atoms with Gasteiger partial charge in [-0.1, -0.05) is 0 Å². The van der Waals surface area contributed by atoms with Crippen molar-refractivity contribution in [3.05, 3.63) is 12.7 Å². The molecule has 0 amide bonds. The van der Waals surface area contributed by atoms with Gasteiger partial charge in [0.1, 0.15) is 48.5 Å². The van der Waals surface area contributed by atoms with Crippen molar-refractivity contribution in [2.75, 3.05) is 18.9 Å². The van der Waals surface area contributed by atoms with Crippen LogP contribution in [0.2, 0.25) is 0 Å². The predicted molar refractivity (Wildman–Crippen MR) is 103 cm³/mol. The summed E-state index contributed by atoms with van der Waals surface area (Å²) in [6.45, 7) is -1.81. The molecule has 5 heterocycles. The van der Waals surface area contributed by atoms with Crippen molar-refractivity contribution in [2.24, 2.45) is 0 Å². The lowest BCUT2D eigenvalue weighted by molar-refractivity contribution is -0.249. The van der Waals surface area contributed by atoms with Crippen LogP contribution in [0.5, 0.6) is 0 Å². The molecular formula is C15H19N5O13P2-2. The van der Waals surface area contributed by atoms with Crippen molar-refractivity contribution in [3.8, 4) is 0 Å².